The molecule has 0 radical (unpaired) electrons. The molecule has 1 saturated heterocycles. The maximum Gasteiger partial charge on any atom is 0.247 e. The van der Waals surface area contributed by atoms with Gasteiger partial charge in [0.2, 0.25) is 16.9 Å². The van der Waals surface area contributed by atoms with Gasteiger partial charge < -0.3 is 24.8 Å². The summed E-state index contributed by atoms with van der Waals surface area (Å²) < 4.78 is 16.5. The van der Waals surface area contributed by atoms with Crippen molar-refractivity contribution in [3.63, 3.8) is 0 Å². The summed E-state index contributed by atoms with van der Waals surface area (Å²) in [4.78, 5) is 42.7. The van der Waals surface area contributed by atoms with Gasteiger partial charge in [0, 0.05) is 37.6 Å². The average Bonchev–Trinajstić information content (AvgIpc) is 3.02. The molecule has 2 fully saturated rings. The normalized spacial score (nSPS) is 21.7. The van der Waals surface area contributed by atoms with Crippen LogP contribution in [0.5, 0.6) is 5.75 Å². The number of hydrogen-bond acceptors (Lipinski definition) is 8. The van der Waals surface area contributed by atoms with E-state index in [2.05, 4.69) is 15.5 Å². The van der Waals surface area contributed by atoms with Crippen molar-refractivity contribution in [2.75, 3.05) is 57.6 Å². The van der Waals surface area contributed by atoms with Gasteiger partial charge in [0.15, 0.2) is 0 Å². The molecule has 0 unspecified atom stereocenters. The lowest BCUT2D eigenvalue weighted by Gasteiger charge is -2.39. The first kappa shape index (κ1) is 32.0. The molecule has 2 aliphatic rings. The smallest absolute Gasteiger partial charge is 0.247 e. The van der Waals surface area contributed by atoms with Crippen molar-refractivity contribution in [2.45, 2.75) is 51.2 Å². The molecule has 0 bridgehead atoms. The Morgan fingerprint density at radius 3 is 2.38 bits per heavy atom. The van der Waals surface area contributed by atoms with E-state index < -0.39 is 11.5 Å². The van der Waals surface area contributed by atoms with Gasteiger partial charge in [-0.05, 0) is 62.4 Å². The first-order valence-electron chi connectivity index (χ1n) is 14.8. The van der Waals surface area contributed by atoms with E-state index in [1.807, 2.05) is 37.3 Å². The fourth-order valence-corrected chi connectivity index (χ4v) is 6.59. The number of methoxy groups -OCH3 is 1. The Kier molecular flexibility index (Phi) is 12.2. The Labute approximate surface area is 253 Å². The minimum Gasteiger partial charge on any atom is -0.497 e. The third kappa shape index (κ3) is 9.29. The third-order valence-electron chi connectivity index (χ3n) is 8.00. The molecule has 2 amide bonds. The van der Waals surface area contributed by atoms with Gasteiger partial charge in [-0.15, -0.1) is 0 Å². The van der Waals surface area contributed by atoms with Crippen LogP contribution in [0.4, 0.5) is 5.69 Å². The Morgan fingerprint density at radius 2 is 1.74 bits per heavy atom. The summed E-state index contributed by atoms with van der Waals surface area (Å²) >= 11 is 1.23. The van der Waals surface area contributed by atoms with E-state index in [0.717, 1.165) is 31.5 Å². The fraction of sp³-hybridized carbons (Fsp3) is 0.531. The van der Waals surface area contributed by atoms with Crippen LogP contribution in [-0.2, 0) is 30.3 Å². The van der Waals surface area contributed by atoms with Gasteiger partial charge in [0.25, 0.3) is 0 Å². The molecule has 42 heavy (non-hydrogen) atoms. The number of rotatable bonds is 13. The molecule has 1 aliphatic carbocycles. The molecule has 0 spiro atoms. The summed E-state index contributed by atoms with van der Waals surface area (Å²) in [5, 5.41) is 6.10. The van der Waals surface area contributed by atoms with Crippen LogP contribution in [0.15, 0.2) is 54.6 Å². The maximum absolute atomic E-state index is 14.1. The Hall–Kier alpha value is -2.92. The van der Waals surface area contributed by atoms with Crippen LogP contribution < -0.4 is 15.4 Å². The molecule has 1 atom stereocenters. The van der Waals surface area contributed by atoms with Crippen molar-refractivity contribution >= 4 is 34.4 Å². The van der Waals surface area contributed by atoms with Gasteiger partial charge >= 0.3 is 0 Å². The van der Waals surface area contributed by atoms with Crippen molar-refractivity contribution in [3.05, 3.63) is 60.2 Å². The van der Waals surface area contributed by atoms with E-state index in [9.17, 15) is 14.4 Å². The topological polar surface area (TPSA) is 106 Å². The highest BCUT2D eigenvalue weighted by Gasteiger charge is 2.43. The van der Waals surface area contributed by atoms with Crippen molar-refractivity contribution in [1.29, 1.82) is 0 Å². The maximum atomic E-state index is 14.1. The second kappa shape index (κ2) is 16.1. The number of anilines is 1. The predicted octanol–water partition coefficient (Wildman–Crippen LogP) is 3.92. The summed E-state index contributed by atoms with van der Waals surface area (Å²) in [6.07, 6.45) is 3.11. The highest BCUT2D eigenvalue weighted by Crippen LogP contribution is 2.41. The summed E-state index contributed by atoms with van der Waals surface area (Å²) in [5.74, 6) is 0.577. The second-order valence-corrected chi connectivity index (χ2v) is 12.0. The Balaban J connectivity index is 1.48. The monoisotopic (exact) mass is 597 g/mol. The predicted molar refractivity (Wildman–Crippen MR) is 165 cm³/mol. The Bertz CT molecular complexity index is 1150. The number of nitrogens with zero attached hydrogens (tertiary/aromatic N) is 1. The second-order valence-electron chi connectivity index (χ2n) is 10.9. The minimum absolute atomic E-state index is 0.0501. The molecule has 1 saturated carbocycles. The van der Waals surface area contributed by atoms with Gasteiger partial charge in [-0.2, -0.15) is 0 Å². The van der Waals surface area contributed by atoms with Crippen molar-refractivity contribution in [2.24, 2.45) is 5.41 Å². The van der Waals surface area contributed by atoms with E-state index in [0.29, 0.717) is 62.8 Å². The lowest BCUT2D eigenvalue weighted by atomic mass is 9.73. The van der Waals surface area contributed by atoms with Crippen LogP contribution in [0.3, 0.4) is 0 Å². The molecule has 4 rings (SSSR count). The van der Waals surface area contributed by atoms with Crippen molar-refractivity contribution in [1.82, 2.24) is 10.2 Å². The van der Waals surface area contributed by atoms with Gasteiger partial charge in [0.1, 0.15) is 11.8 Å². The molecule has 1 heterocycles. The van der Waals surface area contributed by atoms with Gasteiger partial charge in [-0.25, -0.2) is 0 Å². The number of thioether (sulfide) groups is 1. The fourth-order valence-electron chi connectivity index (χ4n) is 5.46. The zero-order chi connectivity index (χ0) is 29.8. The third-order valence-corrected chi connectivity index (χ3v) is 9.15. The summed E-state index contributed by atoms with van der Waals surface area (Å²) in [6.45, 7) is 5.67. The standard InChI is InChI=1S/C32H43N3O6S/c1-3-41-27-13-15-32(16-14-27,23-42-29(36)22-35-17-19-40-20-18-35)31(38)34-28(21-24-7-5-4-6-8-24)30(37)33-25-9-11-26(39-2)12-10-25/h4-12,27-28H,3,13-23H2,1-2H3,(H,33,37)(H,34,38)/t27?,28-,32?/m0/s1. The average molecular weight is 598 g/mol. The van der Waals surface area contributed by atoms with Crippen molar-refractivity contribution < 1.29 is 28.6 Å². The first-order chi connectivity index (χ1) is 20.4. The number of amides is 2. The molecule has 2 N–H and O–H groups in total. The number of benzene rings is 2. The van der Waals surface area contributed by atoms with Crippen LogP contribution in [-0.4, -0.2) is 86.3 Å². The SMILES string of the molecule is CCOC1CCC(CSC(=O)CN2CCOCC2)(C(=O)N[C@@H](Cc2ccccc2)C(=O)Nc2ccc(OC)cc2)CC1. The molecular formula is C32H43N3O6S. The van der Waals surface area contributed by atoms with Gasteiger partial charge in [-0.1, -0.05) is 42.1 Å². The molecule has 0 aromatic heterocycles. The quantitative estimate of drug-likeness (QED) is 0.358. The summed E-state index contributed by atoms with van der Waals surface area (Å²) in [7, 11) is 1.59. The van der Waals surface area contributed by atoms with Crippen LogP contribution in [0.1, 0.15) is 38.2 Å². The van der Waals surface area contributed by atoms with Crippen LogP contribution in [0, 0.1) is 5.41 Å². The highest BCUT2D eigenvalue weighted by molar-refractivity contribution is 8.13. The lowest BCUT2D eigenvalue weighted by molar-refractivity contribution is -0.136. The minimum atomic E-state index is -0.794. The van der Waals surface area contributed by atoms with E-state index in [-0.39, 0.29) is 23.0 Å². The van der Waals surface area contributed by atoms with E-state index in [1.54, 1.807) is 31.4 Å². The number of ether oxygens (including phenoxy) is 3. The van der Waals surface area contributed by atoms with Crippen LogP contribution >= 0.6 is 11.8 Å². The van der Waals surface area contributed by atoms with Crippen LogP contribution in [0.25, 0.3) is 0 Å². The number of morpholine rings is 1. The van der Waals surface area contributed by atoms with Crippen LogP contribution in [0.2, 0.25) is 0 Å². The van der Waals surface area contributed by atoms with Crippen molar-refractivity contribution in [3.8, 4) is 5.75 Å². The zero-order valence-electron chi connectivity index (χ0n) is 24.6. The Morgan fingerprint density at radius 1 is 1.05 bits per heavy atom. The van der Waals surface area contributed by atoms with E-state index >= 15 is 0 Å². The van der Waals surface area contributed by atoms with E-state index in [4.69, 9.17) is 14.2 Å². The molecule has 10 heteroatoms. The molecule has 1 aliphatic heterocycles. The highest BCUT2D eigenvalue weighted by atomic mass is 32.2. The largest absolute Gasteiger partial charge is 0.497 e. The lowest BCUT2D eigenvalue weighted by Crippen LogP contribution is -2.53. The summed E-state index contributed by atoms with van der Waals surface area (Å²) in [6, 6.07) is 16.0. The molecule has 2 aromatic rings. The molecule has 2 aromatic carbocycles. The molecular weight excluding hydrogens is 554 g/mol. The first-order valence-corrected chi connectivity index (χ1v) is 15.8. The molecule has 228 valence electrons. The molecule has 9 nitrogen and oxygen atoms in total. The number of carbonyl (C=O) groups is 3. The number of nitrogens with one attached hydrogen (secondary N) is 2. The van der Waals surface area contributed by atoms with E-state index in [1.165, 1.54) is 11.8 Å². The number of hydrogen-bond donors (Lipinski definition) is 2. The summed E-state index contributed by atoms with van der Waals surface area (Å²) in [5.41, 5.74) is 0.787. The van der Waals surface area contributed by atoms with Gasteiger partial charge in [0.05, 0.1) is 38.4 Å². The van der Waals surface area contributed by atoms with Gasteiger partial charge in [-0.3, -0.25) is 19.3 Å². The number of carbonyl (C=O) groups excluding carboxylic acids is 3. The zero-order valence-corrected chi connectivity index (χ0v) is 25.5.